The molecule has 0 aliphatic carbocycles. The normalized spacial score (nSPS) is 15.3. The smallest absolute Gasteiger partial charge is 0.338 e. The number of rotatable bonds is 9. The third kappa shape index (κ3) is 6.65. The van der Waals surface area contributed by atoms with Gasteiger partial charge in [-0.25, -0.2) is 4.79 Å². The van der Waals surface area contributed by atoms with Crippen LogP contribution in [0, 0.1) is 12.8 Å². The van der Waals surface area contributed by atoms with Crippen molar-refractivity contribution in [3.8, 4) is 0 Å². The Bertz CT molecular complexity index is 1000. The molecule has 0 saturated carbocycles. The number of esters is 2. The fourth-order valence-corrected chi connectivity index (χ4v) is 3.37. The molecule has 0 radical (unpaired) electrons. The zero-order chi connectivity index (χ0) is 23.8. The van der Waals surface area contributed by atoms with Crippen LogP contribution < -0.4 is 10.2 Å². The van der Waals surface area contributed by atoms with E-state index in [4.69, 9.17) is 9.47 Å². The average molecular weight is 453 g/mol. The second kappa shape index (κ2) is 11.3. The number of benzene rings is 2. The molecule has 1 aliphatic rings. The van der Waals surface area contributed by atoms with E-state index < -0.39 is 30.4 Å². The number of anilines is 2. The number of nitrogens with zero attached hydrogens (tertiary/aromatic N) is 1. The number of unbranched alkanes of at least 4 members (excludes halogenated alkanes) is 1. The van der Waals surface area contributed by atoms with Gasteiger partial charge in [-0.15, -0.1) is 0 Å². The van der Waals surface area contributed by atoms with Crippen molar-refractivity contribution in [2.75, 3.05) is 30.0 Å². The largest absolute Gasteiger partial charge is 0.462 e. The van der Waals surface area contributed by atoms with Gasteiger partial charge in [-0.2, -0.15) is 0 Å². The molecule has 0 aromatic heterocycles. The molecule has 1 heterocycles. The molecule has 3 rings (SSSR count). The Labute approximate surface area is 192 Å². The van der Waals surface area contributed by atoms with Crippen LogP contribution in [0.4, 0.5) is 11.4 Å². The molecule has 2 amide bonds. The summed E-state index contributed by atoms with van der Waals surface area (Å²) in [5, 5.41) is 2.66. The minimum Gasteiger partial charge on any atom is -0.462 e. The third-order valence-electron chi connectivity index (χ3n) is 5.28. The van der Waals surface area contributed by atoms with Gasteiger partial charge in [-0.05, 0) is 49.7 Å². The summed E-state index contributed by atoms with van der Waals surface area (Å²) in [6.07, 6.45) is 1.74. The Balaban J connectivity index is 1.49. The van der Waals surface area contributed by atoms with Gasteiger partial charge in [0.1, 0.15) is 0 Å². The Morgan fingerprint density at radius 3 is 2.39 bits per heavy atom. The van der Waals surface area contributed by atoms with Gasteiger partial charge in [0, 0.05) is 24.3 Å². The zero-order valence-electron chi connectivity index (χ0n) is 18.8. The molecule has 8 nitrogen and oxygen atoms in total. The van der Waals surface area contributed by atoms with Crippen LogP contribution in [0.25, 0.3) is 0 Å². The first-order valence-electron chi connectivity index (χ1n) is 11.0. The Kier molecular flexibility index (Phi) is 8.18. The maximum absolute atomic E-state index is 12.4. The first kappa shape index (κ1) is 24.0. The molecule has 0 spiro atoms. The molecular weight excluding hydrogens is 424 g/mol. The van der Waals surface area contributed by atoms with E-state index >= 15 is 0 Å². The van der Waals surface area contributed by atoms with Crippen LogP contribution in [0.15, 0.2) is 48.5 Å². The summed E-state index contributed by atoms with van der Waals surface area (Å²) >= 11 is 0. The molecule has 1 atom stereocenters. The van der Waals surface area contributed by atoms with E-state index in [2.05, 4.69) is 5.32 Å². The van der Waals surface area contributed by atoms with Crippen molar-refractivity contribution in [2.24, 2.45) is 5.92 Å². The van der Waals surface area contributed by atoms with E-state index in [1.807, 2.05) is 26.0 Å². The van der Waals surface area contributed by atoms with Crippen LogP contribution in [0.2, 0.25) is 0 Å². The van der Waals surface area contributed by atoms with Gasteiger partial charge < -0.3 is 19.7 Å². The lowest BCUT2D eigenvalue weighted by Crippen LogP contribution is -2.28. The van der Waals surface area contributed by atoms with Crippen molar-refractivity contribution in [2.45, 2.75) is 33.1 Å². The van der Waals surface area contributed by atoms with Gasteiger partial charge in [-0.3, -0.25) is 14.4 Å². The van der Waals surface area contributed by atoms with Gasteiger partial charge in [0.15, 0.2) is 6.61 Å². The van der Waals surface area contributed by atoms with Gasteiger partial charge in [-0.1, -0.05) is 31.0 Å². The standard InChI is InChI=1S/C25H28N2O6/c1-3-4-13-32-24(30)18-7-11-21(12-8-18)27-15-19(14-23(27)29)25(31)33-16-22(28)26-20-9-5-17(2)6-10-20/h5-12,19H,3-4,13-16H2,1-2H3,(H,26,28)/t19-/m0/s1. The number of hydrogen-bond donors (Lipinski definition) is 1. The molecule has 1 saturated heterocycles. The van der Waals surface area contributed by atoms with E-state index in [1.165, 1.54) is 4.90 Å². The maximum atomic E-state index is 12.4. The summed E-state index contributed by atoms with van der Waals surface area (Å²) in [6.45, 7) is 4.05. The number of carbonyl (C=O) groups excluding carboxylic acids is 4. The van der Waals surface area contributed by atoms with Gasteiger partial charge >= 0.3 is 11.9 Å². The molecule has 33 heavy (non-hydrogen) atoms. The van der Waals surface area contributed by atoms with Gasteiger partial charge in [0.05, 0.1) is 18.1 Å². The summed E-state index contributed by atoms with van der Waals surface area (Å²) in [4.78, 5) is 50.4. The van der Waals surface area contributed by atoms with Crippen LogP contribution in [0.5, 0.6) is 0 Å². The molecule has 2 aromatic carbocycles. The molecule has 1 fully saturated rings. The summed E-state index contributed by atoms with van der Waals surface area (Å²) in [7, 11) is 0. The molecule has 1 N–H and O–H groups in total. The summed E-state index contributed by atoms with van der Waals surface area (Å²) < 4.78 is 10.3. The highest BCUT2D eigenvalue weighted by atomic mass is 16.5. The number of aryl methyl sites for hydroxylation is 1. The van der Waals surface area contributed by atoms with Crippen LogP contribution >= 0.6 is 0 Å². The predicted octanol–water partition coefficient (Wildman–Crippen LogP) is 3.49. The van der Waals surface area contributed by atoms with E-state index in [0.717, 1.165) is 18.4 Å². The fourth-order valence-electron chi connectivity index (χ4n) is 3.37. The van der Waals surface area contributed by atoms with Gasteiger partial charge in [0.2, 0.25) is 5.91 Å². The molecule has 0 unspecified atom stereocenters. The van der Waals surface area contributed by atoms with E-state index in [1.54, 1.807) is 36.4 Å². The molecule has 1 aliphatic heterocycles. The first-order valence-corrected chi connectivity index (χ1v) is 11.0. The fraction of sp³-hybridized carbons (Fsp3) is 0.360. The molecule has 2 aromatic rings. The lowest BCUT2D eigenvalue weighted by Gasteiger charge is -2.17. The minimum atomic E-state index is -0.664. The molecule has 8 heteroatoms. The number of nitrogens with one attached hydrogen (secondary N) is 1. The Hall–Kier alpha value is -3.68. The van der Waals surface area contributed by atoms with Crippen molar-refractivity contribution >= 4 is 35.1 Å². The summed E-state index contributed by atoms with van der Waals surface area (Å²) in [6, 6.07) is 13.7. The lowest BCUT2D eigenvalue weighted by atomic mass is 10.1. The van der Waals surface area contributed by atoms with E-state index in [0.29, 0.717) is 23.5 Å². The number of carbonyl (C=O) groups is 4. The van der Waals surface area contributed by atoms with Crippen LogP contribution in [-0.2, 0) is 23.9 Å². The number of hydrogen-bond acceptors (Lipinski definition) is 6. The van der Waals surface area contributed by atoms with Crippen molar-refractivity contribution in [3.05, 3.63) is 59.7 Å². The number of amides is 2. The predicted molar refractivity (Wildman–Crippen MR) is 123 cm³/mol. The van der Waals surface area contributed by atoms with Crippen molar-refractivity contribution in [3.63, 3.8) is 0 Å². The lowest BCUT2D eigenvalue weighted by molar-refractivity contribution is -0.151. The Morgan fingerprint density at radius 1 is 1.03 bits per heavy atom. The molecule has 174 valence electrons. The maximum Gasteiger partial charge on any atom is 0.338 e. The van der Waals surface area contributed by atoms with E-state index in [9.17, 15) is 19.2 Å². The SMILES string of the molecule is CCCCOC(=O)c1ccc(N2C[C@@H](C(=O)OCC(=O)Nc3ccc(C)cc3)CC2=O)cc1. The van der Waals surface area contributed by atoms with Crippen LogP contribution in [0.1, 0.15) is 42.1 Å². The number of ether oxygens (including phenoxy) is 2. The van der Waals surface area contributed by atoms with Crippen molar-refractivity contribution in [1.29, 1.82) is 0 Å². The van der Waals surface area contributed by atoms with E-state index in [-0.39, 0.29) is 18.9 Å². The summed E-state index contributed by atoms with van der Waals surface area (Å²) in [5.74, 6) is -2.34. The summed E-state index contributed by atoms with van der Waals surface area (Å²) in [5.41, 5.74) is 2.66. The zero-order valence-corrected chi connectivity index (χ0v) is 18.8. The Morgan fingerprint density at radius 2 is 1.73 bits per heavy atom. The first-order chi connectivity index (χ1) is 15.9. The molecule has 0 bridgehead atoms. The second-order valence-corrected chi connectivity index (χ2v) is 7.96. The van der Waals surface area contributed by atoms with Crippen LogP contribution in [-0.4, -0.2) is 43.5 Å². The van der Waals surface area contributed by atoms with Gasteiger partial charge in [0.25, 0.3) is 5.91 Å². The monoisotopic (exact) mass is 452 g/mol. The topological polar surface area (TPSA) is 102 Å². The highest BCUT2D eigenvalue weighted by molar-refractivity contribution is 6.00. The highest BCUT2D eigenvalue weighted by Crippen LogP contribution is 2.26. The third-order valence-corrected chi connectivity index (χ3v) is 5.28. The van der Waals surface area contributed by atoms with Crippen LogP contribution in [0.3, 0.4) is 0 Å². The average Bonchev–Trinajstić information content (AvgIpc) is 3.21. The highest BCUT2D eigenvalue weighted by Gasteiger charge is 2.36. The molecular formula is C25H28N2O6. The minimum absolute atomic E-state index is 0.000768. The quantitative estimate of drug-likeness (QED) is 0.462. The van der Waals surface area contributed by atoms with Crippen molar-refractivity contribution in [1.82, 2.24) is 0 Å². The second-order valence-electron chi connectivity index (χ2n) is 7.96. The van der Waals surface area contributed by atoms with Crippen molar-refractivity contribution < 1.29 is 28.7 Å².